The van der Waals surface area contributed by atoms with E-state index in [1.807, 2.05) is 0 Å². The highest BCUT2D eigenvalue weighted by Crippen LogP contribution is 2.36. The number of imide groups is 2. The van der Waals surface area contributed by atoms with E-state index in [0.29, 0.717) is 21.2 Å². The predicted octanol–water partition coefficient (Wildman–Crippen LogP) is 3.92. The van der Waals surface area contributed by atoms with Crippen molar-refractivity contribution in [1.29, 1.82) is 0 Å². The third-order valence-electron chi connectivity index (χ3n) is 6.02. The van der Waals surface area contributed by atoms with Crippen LogP contribution in [-0.2, 0) is 22.4 Å². The number of benzene rings is 2. The van der Waals surface area contributed by atoms with Crippen molar-refractivity contribution in [3.8, 4) is 22.9 Å². The lowest BCUT2D eigenvalue weighted by molar-refractivity contribution is -0.157. The summed E-state index contributed by atoms with van der Waals surface area (Å²) in [6.45, 7) is 0. The molecule has 0 saturated carbocycles. The molecule has 1 saturated heterocycles. The first-order chi connectivity index (χ1) is 17.7. The molecular formula is C24H18Cl2N6O5. The summed E-state index contributed by atoms with van der Waals surface area (Å²) in [6, 6.07) is 12.7. The van der Waals surface area contributed by atoms with E-state index in [2.05, 4.69) is 20.4 Å². The number of carbonyl (C=O) groups excluding carboxylic acids is 3. The lowest BCUT2D eigenvalue weighted by Gasteiger charge is -2.40. The number of nitrogens with zero attached hydrogens (tertiary/aromatic N) is 6. The van der Waals surface area contributed by atoms with Crippen LogP contribution in [0.15, 0.2) is 57.4 Å². The van der Waals surface area contributed by atoms with E-state index in [4.69, 9.17) is 32.0 Å². The van der Waals surface area contributed by atoms with Gasteiger partial charge in [0.25, 0.3) is 0 Å². The summed E-state index contributed by atoms with van der Waals surface area (Å²) in [4.78, 5) is 41.2. The van der Waals surface area contributed by atoms with Crippen molar-refractivity contribution in [2.75, 3.05) is 14.1 Å². The van der Waals surface area contributed by atoms with Gasteiger partial charge in [-0.1, -0.05) is 23.2 Å². The first kappa shape index (κ1) is 24.6. The van der Waals surface area contributed by atoms with Gasteiger partial charge in [-0.25, -0.2) is 4.79 Å². The molecule has 1 aliphatic heterocycles. The van der Waals surface area contributed by atoms with Crippen molar-refractivity contribution >= 4 is 41.0 Å². The van der Waals surface area contributed by atoms with Gasteiger partial charge < -0.3 is 8.83 Å². The molecule has 1 aliphatic rings. The number of hydrogen-bond donors (Lipinski definition) is 0. The third-order valence-corrected chi connectivity index (χ3v) is 6.53. The van der Waals surface area contributed by atoms with E-state index in [1.54, 1.807) is 48.5 Å². The fourth-order valence-corrected chi connectivity index (χ4v) is 4.33. The number of halogens is 2. The molecule has 0 aliphatic carbocycles. The van der Waals surface area contributed by atoms with E-state index >= 15 is 0 Å². The zero-order valence-electron chi connectivity index (χ0n) is 19.5. The number of rotatable bonds is 6. The Bertz CT molecular complexity index is 1390. The fourth-order valence-electron chi connectivity index (χ4n) is 4.08. The minimum atomic E-state index is -1.84. The summed E-state index contributed by atoms with van der Waals surface area (Å²) in [7, 11) is 2.59. The Kier molecular flexibility index (Phi) is 6.26. The van der Waals surface area contributed by atoms with Crippen molar-refractivity contribution in [3.05, 3.63) is 70.4 Å². The van der Waals surface area contributed by atoms with Crippen LogP contribution in [0.2, 0.25) is 10.0 Å². The summed E-state index contributed by atoms with van der Waals surface area (Å²) in [5, 5.41) is 17.2. The van der Waals surface area contributed by atoms with Gasteiger partial charge in [-0.2, -0.15) is 0 Å². The van der Waals surface area contributed by atoms with E-state index in [-0.39, 0.29) is 36.4 Å². The average molecular weight is 541 g/mol. The molecule has 11 nitrogen and oxygen atoms in total. The second-order valence-corrected chi connectivity index (χ2v) is 9.34. The Morgan fingerprint density at radius 1 is 0.676 bits per heavy atom. The van der Waals surface area contributed by atoms with E-state index in [9.17, 15) is 14.4 Å². The van der Waals surface area contributed by atoms with Gasteiger partial charge in [0.05, 0.1) is 0 Å². The summed E-state index contributed by atoms with van der Waals surface area (Å²) in [5.41, 5.74) is -0.634. The summed E-state index contributed by atoms with van der Waals surface area (Å²) in [5.74, 6) is -1.12. The first-order valence-electron chi connectivity index (χ1n) is 10.9. The fraction of sp³-hybridized carbons (Fsp3) is 0.208. The van der Waals surface area contributed by atoms with Gasteiger partial charge in [0.2, 0.25) is 35.4 Å². The van der Waals surface area contributed by atoms with Gasteiger partial charge in [0, 0.05) is 48.1 Å². The van der Waals surface area contributed by atoms with Gasteiger partial charge in [-0.3, -0.25) is 19.4 Å². The first-order valence-corrected chi connectivity index (χ1v) is 11.7. The Morgan fingerprint density at radius 3 is 1.43 bits per heavy atom. The number of carbonyl (C=O) groups is 3. The highest BCUT2D eigenvalue weighted by molar-refractivity contribution is 6.30. The SMILES string of the molecule is CN1C(=O)N(C)C(=O)C(Cc2nnc(-c3ccc(Cl)cc3)o2)(Cc2nnc(-c3ccc(Cl)cc3)o2)C1=O. The molecular weight excluding hydrogens is 523 g/mol. The minimum Gasteiger partial charge on any atom is -0.421 e. The van der Waals surface area contributed by atoms with Crippen LogP contribution >= 0.6 is 23.2 Å². The maximum Gasteiger partial charge on any atom is 0.332 e. The number of hydrogen-bond acceptors (Lipinski definition) is 9. The molecule has 188 valence electrons. The van der Waals surface area contributed by atoms with Crippen LogP contribution in [0.4, 0.5) is 4.79 Å². The highest BCUT2D eigenvalue weighted by Gasteiger charge is 2.57. The van der Waals surface area contributed by atoms with Crippen molar-refractivity contribution in [2.24, 2.45) is 5.41 Å². The molecule has 1 fully saturated rings. The molecule has 2 aromatic carbocycles. The van der Waals surface area contributed by atoms with Gasteiger partial charge in [-0.05, 0) is 48.5 Å². The van der Waals surface area contributed by atoms with Crippen LogP contribution in [0.5, 0.6) is 0 Å². The van der Waals surface area contributed by atoms with Crippen LogP contribution in [0, 0.1) is 5.41 Å². The van der Waals surface area contributed by atoms with Crippen LogP contribution in [0.1, 0.15) is 11.8 Å². The second kappa shape index (κ2) is 9.41. The van der Waals surface area contributed by atoms with Gasteiger partial charge in [-0.15, -0.1) is 20.4 Å². The Labute approximate surface area is 220 Å². The monoisotopic (exact) mass is 540 g/mol. The normalized spacial score (nSPS) is 15.5. The van der Waals surface area contributed by atoms with Crippen LogP contribution in [0.3, 0.4) is 0 Å². The maximum absolute atomic E-state index is 13.5. The van der Waals surface area contributed by atoms with Gasteiger partial charge >= 0.3 is 6.03 Å². The summed E-state index contributed by atoms with van der Waals surface area (Å²) < 4.78 is 11.6. The lowest BCUT2D eigenvalue weighted by Crippen LogP contribution is -2.64. The predicted molar refractivity (Wildman–Crippen MR) is 130 cm³/mol. The topological polar surface area (TPSA) is 136 Å². The third kappa shape index (κ3) is 4.47. The minimum absolute atomic E-state index is 0.0141. The molecule has 0 unspecified atom stereocenters. The number of barbiturate groups is 1. The molecule has 2 aromatic heterocycles. The van der Waals surface area contributed by atoms with Crippen LogP contribution < -0.4 is 0 Å². The number of urea groups is 1. The molecule has 0 atom stereocenters. The van der Waals surface area contributed by atoms with E-state index in [1.165, 1.54) is 14.1 Å². The maximum atomic E-state index is 13.5. The molecule has 5 rings (SSSR count). The Hall–Kier alpha value is -4.09. The zero-order valence-corrected chi connectivity index (χ0v) is 21.0. The smallest absolute Gasteiger partial charge is 0.332 e. The standard InChI is InChI=1S/C24H18Cl2N6O5/c1-31-21(33)24(22(34)32(2)23(31)35,11-17-27-29-19(36-17)13-3-7-15(25)8-4-13)12-18-28-30-20(37-18)14-5-9-16(26)10-6-14/h3-10H,11-12H2,1-2H3. The Balaban J connectivity index is 1.51. The van der Waals surface area contributed by atoms with E-state index in [0.717, 1.165) is 9.80 Å². The number of amides is 4. The average Bonchev–Trinajstić information content (AvgIpc) is 3.56. The van der Waals surface area contributed by atoms with Gasteiger partial charge in [0.15, 0.2) is 0 Å². The Morgan fingerprint density at radius 2 is 1.05 bits per heavy atom. The molecule has 37 heavy (non-hydrogen) atoms. The largest absolute Gasteiger partial charge is 0.421 e. The van der Waals surface area contributed by atoms with Crippen molar-refractivity contribution in [3.63, 3.8) is 0 Å². The summed E-state index contributed by atoms with van der Waals surface area (Å²) >= 11 is 11.9. The molecule has 0 spiro atoms. The quantitative estimate of drug-likeness (QED) is 0.333. The van der Waals surface area contributed by atoms with Crippen molar-refractivity contribution < 1.29 is 23.2 Å². The van der Waals surface area contributed by atoms with E-state index < -0.39 is 23.3 Å². The molecule has 4 amide bonds. The van der Waals surface area contributed by atoms with Gasteiger partial charge in [0.1, 0.15) is 5.41 Å². The molecule has 0 bridgehead atoms. The molecule has 4 aromatic rings. The molecule has 13 heteroatoms. The number of aromatic nitrogens is 4. The van der Waals surface area contributed by atoms with Crippen LogP contribution in [0.25, 0.3) is 22.9 Å². The zero-order chi connectivity index (χ0) is 26.3. The van der Waals surface area contributed by atoms with Crippen LogP contribution in [-0.4, -0.2) is 62.1 Å². The van der Waals surface area contributed by atoms with Crippen molar-refractivity contribution in [1.82, 2.24) is 30.2 Å². The second-order valence-electron chi connectivity index (χ2n) is 8.46. The van der Waals surface area contributed by atoms with Crippen molar-refractivity contribution in [2.45, 2.75) is 12.8 Å². The molecule has 0 radical (unpaired) electrons. The highest BCUT2D eigenvalue weighted by atomic mass is 35.5. The lowest BCUT2D eigenvalue weighted by atomic mass is 9.76. The summed E-state index contributed by atoms with van der Waals surface area (Å²) in [6.07, 6.45) is -0.599. The molecule has 3 heterocycles. The molecule has 0 N–H and O–H groups in total.